The number of nitrogen functional groups attached to an aromatic ring is 2. The summed E-state index contributed by atoms with van der Waals surface area (Å²) in [4.78, 5) is 79.4. The number of hydrogen-bond acceptors (Lipinski definition) is 20. The Balaban J connectivity index is 0.000000264. The van der Waals surface area contributed by atoms with E-state index >= 15 is 0 Å². The molecule has 2 aliphatic heterocycles. The van der Waals surface area contributed by atoms with E-state index in [2.05, 4.69) is 50.8 Å². The number of anilines is 6. The Bertz CT molecular complexity index is 2420. The number of amides is 2. The van der Waals surface area contributed by atoms with Crippen molar-refractivity contribution in [2.75, 3.05) is 137 Å². The molecule has 24 heteroatoms. The molecule has 0 atom stereocenters. The normalized spacial score (nSPS) is 22.0. The lowest BCUT2D eigenvalue weighted by Crippen LogP contribution is -2.47. The van der Waals surface area contributed by atoms with Crippen LogP contribution in [0.25, 0.3) is 0 Å². The van der Waals surface area contributed by atoms with Gasteiger partial charge < -0.3 is 72.0 Å². The van der Waals surface area contributed by atoms with Gasteiger partial charge in [0.05, 0.1) is 12.8 Å². The molecule has 4 saturated carbocycles. The van der Waals surface area contributed by atoms with Crippen LogP contribution in [-0.4, -0.2) is 214 Å². The largest absolute Gasteiger partial charge is 0.481 e. The van der Waals surface area contributed by atoms with Gasteiger partial charge in [-0.1, -0.05) is 38.5 Å². The van der Waals surface area contributed by atoms with Crippen LogP contribution in [0.1, 0.15) is 183 Å². The number of carbonyl (C=O) groups is 4. The van der Waals surface area contributed by atoms with E-state index in [-0.39, 0.29) is 37.1 Å². The van der Waals surface area contributed by atoms with Gasteiger partial charge in [0.2, 0.25) is 11.9 Å². The molecule has 4 heterocycles. The summed E-state index contributed by atoms with van der Waals surface area (Å²) in [5.41, 5.74) is 11.2. The van der Waals surface area contributed by atoms with Gasteiger partial charge in [0.1, 0.15) is 34.5 Å². The topological polar surface area (TPSA) is 298 Å². The molecule has 2 aromatic rings. The smallest absolute Gasteiger partial charge is 0.410 e. The van der Waals surface area contributed by atoms with E-state index in [0.717, 1.165) is 160 Å². The maximum atomic E-state index is 13.4. The number of aliphatic carboxylic acids is 2. The van der Waals surface area contributed by atoms with E-state index in [1.165, 1.54) is 57.8 Å². The van der Waals surface area contributed by atoms with Crippen LogP contribution in [0.15, 0.2) is 12.1 Å². The fourth-order valence-corrected chi connectivity index (χ4v) is 13.2. The lowest BCUT2D eigenvalue weighted by atomic mass is 9.85. The molecule has 2 amide bonds. The van der Waals surface area contributed by atoms with Crippen molar-refractivity contribution in [2.24, 2.45) is 11.8 Å². The lowest BCUT2D eigenvalue weighted by Gasteiger charge is -2.37. The molecule has 496 valence electrons. The van der Waals surface area contributed by atoms with Crippen molar-refractivity contribution in [2.45, 2.75) is 218 Å². The highest BCUT2D eigenvalue weighted by Gasteiger charge is 2.33. The standard InChI is InChI=1S/C37H64N8O6.C27H48N8O2/c1-36(2,3)50-34(48)44(18-10-19-45(29-11-8-7-9-12-29)35(49)51-37(4,5)6)26-27-13-15-28(16-14-27)39-33-40-30(38)25-31(41-33)43-23-21-42(22-24-43)20-17-32(46)47;28-24-19-25(35-17-15-34(16-18-35)14-11-26(36)37)33-27(32-24)31-23-9-7-21(8-10-23)20-29-12-4-13-30-22-5-2-1-3-6-22/h25,27-29H,7-24,26H2,1-6H3,(H,46,47)(H3,38,39,40,41);19,21-23,29-30H,1-18,20H2,(H,36,37)(H3,28,31,32,33). The third-order valence-corrected chi connectivity index (χ3v) is 18.1. The van der Waals surface area contributed by atoms with Crippen molar-refractivity contribution < 1.29 is 38.9 Å². The number of nitrogens with one attached hydrogen (secondary N) is 4. The number of nitrogens with two attached hydrogens (primary N) is 2. The summed E-state index contributed by atoms with van der Waals surface area (Å²) in [6.45, 7) is 23.8. The maximum Gasteiger partial charge on any atom is 0.410 e. The van der Waals surface area contributed by atoms with E-state index in [1.54, 1.807) is 6.07 Å². The highest BCUT2D eigenvalue weighted by atomic mass is 16.6. The van der Waals surface area contributed by atoms with Crippen molar-refractivity contribution >= 4 is 59.3 Å². The maximum absolute atomic E-state index is 13.4. The highest BCUT2D eigenvalue weighted by Crippen LogP contribution is 2.31. The van der Waals surface area contributed by atoms with Gasteiger partial charge in [0.25, 0.3) is 0 Å². The van der Waals surface area contributed by atoms with Crippen LogP contribution >= 0.6 is 0 Å². The van der Waals surface area contributed by atoms with Gasteiger partial charge in [-0.3, -0.25) is 19.4 Å². The zero-order valence-electron chi connectivity index (χ0n) is 54.5. The van der Waals surface area contributed by atoms with Crippen LogP contribution in [0, 0.1) is 11.8 Å². The minimum atomic E-state index is -0.778. The predicted molar refractivity (Wildman–Crippen MR) is 348 cm³/mol. The van der Waals surface area contributed by atoms with Gasteiger partial charge in [-0.25, -0.2) is 9.59 Å². The van der Waals surface area contributed by atoms with E-state index in [1.807, 2.05) is 57.4 Å². The van der Waals surface area contributed by atoms with Gasteiger partial charge in [0, 0.05) is 121 Å². The zero-order chi connectivity index (χ0) is 63.1. The van der Waals surface area contributed by atoms with Crippen molar-refractivity contribution in [3.8, 4) is 0 Å². The summed E-state index contributed by atoms with van der Waals surface area (Å²) >= 11 is 0. The zero-order valence-corrected chi connectivity index (χ0v) is 54.5. The van der Waals surface area contributed by atoms with Gasteiger partial charge in [-0.2, -0.15) is 19.9 Å². The van der Waals surface area contributed by atoms with E-state index in [0.29, 0.717) is 74.6 Å². The van der Waals surface area contributed by atoms with Gasteiger partial charge in [0.15, 0.2) is 0 Å². The summed E-state index contributed by atoms with van der Waals surface area (Å²) in [5, 5.41) is 32.4. The Morgan fingerprint density at radius 3 is 1.50 bits per heavy atom. The highest BCUT2D eigenvalue weighted by molar-refractivity contribution is 5.69. The number of carboxylic acids is 2. The van der Waals surface area contributed by atoms with Crippen molar-refractivity contribution in [1.82, 2.24) is 50.2 Å². The number of carboxylic acid groups (broad SMARTS) is 2. The first-order chi connectivity index (χ1) is 42.1. The van der Waals surface area contributed by atoms with Crippen LogP contribution in [0.3, 0.4) is 0 Å². The first kappa shape index (κ1) is 69.7. The Labute approximate surface area is 525 Å². The molecule has 0 spiro atoms. The Kier molecular flexibility index (Phi) is 27.8. The fourth-order valence-electron chi connectivity index (χ4n) is 13.2. The SMILES string of the molecule is CC(C)(C)OC(=O)N(CCCN(C(=O)OC(C)(C)C)C1CCCCC1)CC1CCC(Nc2nc(N)cc(N3CCN(CCC(=O)O)CC3)n2)CC1.Nc1cc(N2CCN(CCC(=O)O)CC2)nc(NC2CCC(CNCCCNC3CCCCC3)CC2)n1. The Morgan fingerprint density at radius 2 is 1.02 bits per heavy atom. The third-order valence-electron chi connectivity index (χ3n) is 18.1. The molecule has 4 aliphatic carbocycles. The minimum Gasteiger partial charge on any atom is -0.481 e. The number of hydrogen-bond donors (Lipinski definition) is 8. The fraction of sp³-hybridized carbons (Fsp3) is 0.812. The summed E-state index contributed by atoms with van der Waals surface area (Å²) < 4.78 is 11.6. The molecule has 0 aromatic carbocycles. The van der Waals surface area contributed by atoms with Crippen LogP contribution in [-0.2, 0) is 19.1 Å². The first-order valence-corrected chi connectivity index (χ1v) is 33.7. The number of piperazine rings is 2. The molecule has 0 radical (unpaired) electrons. The lowest BCUT2D eigenvalue weighted by molar-refractivity contribution is -0.138. The first-order valence-electron chi connectivity index (χ1n) is 33.7. The predicted octanol–water partition coefficient (Wildman–Crippen LogP) is 8.35. The molecule has 10 N–H and O–H groups in total. The van der Waals surface area contributed by atoms with E-state index in [9.17, 15) is 19.2 Å². The summed E-state index contributed by atoms with van der Waals surface area (Å²) in [6.07, 6.45) is 22.4. The van der Waals surface area contributed by atoms with Crippen molar-refractivity contribution in [3.63, 3.8) is 0 Å². The van der Waals surface area contributed by atoms with Gasteiger partial charge in [-0.15, -0.1) is 0 Å². The molecule has 2 saturated heterocycles. The molecule has 0 unspecified atom stereocenters. The molecule has 0 bridgehead atoms. The number of rotatable bonds is 26. The second-order valence-electron chi connectivity index (χ2n) is 27.7. The van der Waals surface area contributed by atoms with Crippen LogP contribution < -0.4 is 42.5 Å². The number of ether oxygens (including phenoxy) is 2. The van der Waals surface area contributed by atoms with Crippen LogP contribution in [0.2, 0.25) is 0 Å². The molecule has 24 nitrogen and oxygen atoms in total. The minimum absolute atomic E-state index is 0.144. The molecule has 6 fully saturated rings. The summed E-state index contributed by atoms with van der Waals surface area (Å²) in [7, 11) is 0. The van der Waals surface area contributed by atoms with E-state index < -0.39 is 23.1 Å². The monoisotopic (exact) mass is 1230 g/mol. The second-order valence-corrected chi connectivity index (χ2v) is 27.7. The molecule has 2 aromatic heterocycles. The number of carbonyl (C=O) groups excluding carboxylic acids is 2. The van der Waals surface area contributed by atoms with Crippen molar-refractivity contribution in [3.05, 3.63) is 12.1 Å². The Morgan fingerprint density at radius 1 is 0.557 bits per heavy atom. The third kappa shape index (κ3) is 25.3. The van der Waals surface area contributed by atoms with Crippen molar-refractivity contribution in [1.29, 1.82) is 0 Å². The summed E-state index contributed by atoms with van der Waals surface area (Å²) in [6, 6.07) is 5.15. The second kappa shape index (κ2) is 35.0. The average Bonchev–Trinajstić information content (AvgIpc) is 3.35. The molecule has 88 heavy (non-hydrogen) atoms. The number of nitrogens with zero attached hydrogens (tertiary/aromatic N) is 10. The molecule has 8 rings (SSSR count). The Hall–Kier alpha value is -5.72. The molecule has 6 aliphatic rings. The van der Waals surface area contributed by atoms with Crippen LogP contribution in [0.5, 0.6) is 0 Å². The van der Waals surface area contributed by atoms with Gasteiger partial charge in [-0.05, 0) is 163 Å². The average molecular weight is 1230 g/mol. The molecular formula is C64H112N16O8. The quantitative estimate of drug-likeness (QED) is 0.0410. The van der Waals surface area contributed by atoms with Crippen LogP contribution in [0.4, 0.5) is 44.8 Å². The molecular weight excluding hydrogens is 1120 g/mol. The summed E-state index contributed by atoms with van der Waals surface area (Å²) in [5.74, 6) is 3.21. The van der Waals surface area contributed by atoms with Gasteiger partial charge >= 0.3 is 24.1 Å². The number of aromatic nitrogens is 4. The van der Waals surface area contributed by atoms with E-state index in [4.69, 9.17) is 41.1 Å².